The van der Waals surface area contributed by atoms with Crippen LogP contribution in [0.25, 0.3) is 0 Å². The van der Waals surface area contributed by atoms with Gasteiger partial charge in [0.2, 0.25) is 10.0 Å². The van der Waals surface area contributed by atoms with Gasteiger partial charge in [-0.1, -0.05) is 17.7 Å². The Bertz CT molecular complexity index is 636. The van der Waals surface area contributed by atoms with Crippen molar-refractivity contribution in [3.8, 4) is 0 Å². The van der Waals surface area contributed by atoms with Crippen LogP contribution in [0.2, 0.25) is 5.02 Å². The van der Waals surface area contributed by atoms with E-state index in [0.717, 1.165) is 0 Å². The average molecular weight is 332 g/mol. The Morgan fingerprint density at radius 3 is 2.52 bits per heavy atom. The first-order valence-electron chi connectivity index (χ1n) is 6.70. The average Bonchev–Trinajstić information content (AvgIpc) is 2.49. The van der Waals surface area contributed by atoms with Crippen molar-refractivity contribution in [2.45, 2.75) is 24.7 Å². The van der Waals surface area contributed by atoms with Crippen molar-refractivity contribution < 1.29 is 17.9 Å². The molecule has 1 fully saturated rings. The standard InChI is InChI=1S/C14H18ClNO4S/c1-10-3-4-12(15)9-13(10)21(18,19)16-7-5-11(6-8-16)14(17)20-2/h3-4,9,11H,5-8H2,1-2H3. The zero-order valence-corrected chi connectivity index (χ0v) is 13.6. The highest BCUT2D eigenvalue weighted by Crippen LogP contribution is 2.27. The van der Waals surface area contributed by atoms with Crippen LogP contribution in [0.15, 0.2) is 23.1 Å². The predicted molar refractivity (Wildman–Crippen MR) is 79.7 cm³/mol. The molecule has 0 spiro atoms. The zero-order valence-electron chi connectivity index (χ0n) is 12.0. The highest BCUT2D eigenvalue weighted by Gasteiger charge is 2.33. The van der Waals surface area contributed by atoms with Crippen LogP contribution < -0.4 is 0 Å². The molecule has 2 rings (SSSR count). The minimum absolute atomic E-state index is 0.220. The number of hydrogen-bond donors (Lipinski definition) is 0. The molecule has 0 saturated carbocycles. The number of nitrogens with zero attached hydrogens (tertiary/aromatic N) is 1. The van der Waals surface area contributed by atoms with Gasteiger partial charge in [0.15, 0.2) is 0 Å². The molecular weight excluding hydrogens is 314 g/mol. The van der Waals surface area contributed by atoms with Gasteiger partial charge in [-0.25, -0.2) is 8.42 Å². The van der Waals surface area contributed by atoms with Gasteiger partial charge in [-0.2, -0.15) is 4.31 Å². The summed E-state index contributed by atoms with van der Waals surface area (Å²) in [7, 11) is -2.23. The molecule has 1 aliphatic rings. The normalized spacial score (nSPS) is 17.7. The van der Waals surface area contributed by atoms with Gasteiger partial charge in [0.05, 0.1) is 17.9 Å². The summed E-state index contributed by atoms with van der Waals surface area (Å²) in [6, 6.07) is 4.83. The van der Waals surface area contributed by atoms with Crippen molar-refractivity contribution in [1.29, 1.82) is 0 Å². The number of aryl methyl sites for hydroxylation is 1. The van der Waals surface area contributed by atoms with Gasteiger partial charge in [-0.3, -0.25) is 4.79 Å². The van der Waals surface area contributed by atoms with E-state index in [0.29, 0.717) is 36.5 Å². The molecule has 0 amide bonds. The minimum atomic E-state index is -3.57. The van der Waals surface area contributed by atoms with E-state index < -0.39 is 10.0 Å². The van der Waals surface area contributed by atoms with Crippen molar-refractivity contribution in [2.75, 3.05) is 20.2 Å². The van der Waals surface area contributed by atoms with Crippen LogP contribution in [-0.2, 0) is 19.6 Å². The number of hydrogen-bond acceptors (Lipinski definition) is 4. The Kier molecular flexibility index (Phi) is 4.91. The second kappa shape index (κ2) is 6.34. The topological polar surface area (TPSA) is 63.7 Å². The largest absolute Gasteiger partial charge is 0.469 e. The lowest BCUT2D eigenvalue weighted by Gasteiger charge is -2.30. The van der Waals surface area contributed by atoms with Crippen LogP contribution in [0.4, 0.5) is 0 Å². The third-order valence-electron chi connectivity index (χ3n) is 3.76. The molecule has 0 radical (unpaired) electrons. The van der Waals surface area contributed by atoms with Crippen molar-refractivity contribution in [3.05, 3.63) is 28.8 Å². The SMILES string of the molecule is COC(=O)C1CCN(S(=O)(=O)c2cc(Cl)ccc2C)CC1. The first-order chi connectivity index (χ1) is 9.86. The maximum absolute atomic E-state index is 12.7. The first-order valence-corrected chi connectivity index (χ1v) is 8.52. The molecule has 1 saturated heterocycles. The lowest BCUT2D eigenvalue weighted by atomic mass is 9.99. The van der Waals surface area contributed by atoms with E-state index >= 15 is 0 Å². The number of methoxy groups -OCH3 is 1. The highest BCUT2D eigenvalue weighted by molar-refractivity contribution is 7.89. The van der Waals surface area contributed by atoms with Gasteiger partial charge >= 0.3 is 5.97 Å². The molecule has 0 atom stereocenters. The van der Waals surface area contributed by atoms with Gasteiger partial charge in [0.25, 0.3) is 0 Å². The third-order valence-corrected chi connectivity index (χ3v) is 6.03. The van der Waals surface area contributed by atoms with Crippen molar-refractivity contribution in [2.24, 2.45) is 5.92 Å². The lowest BCUT2D eigenvalue weighted by Crippen LogP contribution is -2.40. The Labute approximate surface area is 129 Å². The molecular formula is C14H18ClNO4S. The van der Waals surface area contributed by atoms with Crippen LogP contribution >= 0.6 is 11.6 Å². The summed E-state index contributed by atoms with van der Waals surface area (Å²) in [6.07, 6.45) is 0.955. The van der Waals surface area contributed by atoms with Crippen molar-refractivity contribution >= 4 is 27.6 Å². The van der Waals surface area contributed by atoms with Gasteiger partial charge in [0.1, 0.15) is 0 Å². The van der Waals surface area contributed by atoms with Crippen LogP contribution in [0.3, 0.4) is 0 Å². The van der Waals surface area contributed by atoms with E-state index in [-0.39, 0.29) is 16.8 Å². The summed E-state index contributed by atoms with van der Waals surface area (Å²) in [5.74, 6) is -0.493. The fourth-order valence-corrected chi connectivity index (χ4v) is 4.45. The summed E-state index contributed by atoms with van der Waals surface area (Å²) >= 11 is 5.90. The molecule has 0 unspecified atom stereocenters. The summed E-state index contributed by atoms with van der Waals surface area (Å²) in [5.41, 5.74) is 0.662. The number of carbonyl (C=O) groups excluding carboxylic acids is 1. The number of ether oxygens (including phenoxy) is 1. The van der Waals surface area contributed by atoms with Crippen molar-refractivity contribution in [1.82, 2.24) is 4.31 Å². The van der Waals surface area contributed by atoms with E-state index in [4.69, 9.17) is 16.3 Å². The molecule has 0 N–H and O–H groups in total. The Hall–Kier alpha value is -1.11. The van der Waals surface area contributed by atoms with Crippen LogP contribution in [0.5, 0.6) is 0 Å². The predicted octanol–water partition coefficient (Wildman–Crippen LogP) is 2.22. The maximum Gasteiger partial charge on any atom is 0.308 e. The first kappa shape index (κ1) is 16.3. The summed E-state index contributed by atoms with van der Waals surface area (Å²) in [6.45, 7) is 2.37. The smallest absolute Gasteiger partial charge is 0.308 e. The zero-order chi connectivity index (χ0) is 15.6. The molecule has 7 heteroatoms. The van der Waals surface area contributed by atoms with E-state index in [1.165, 1.54) is 17.5 Å². The number of benzene rings is 1. The van der Waals surface area contributed by atoms with E-state index in [2.05, 4.69) is 0 Å². The Morgan fingerprint density at radius 2 is 1.95 bits per heavy atom. The van der Waals surface area contributed by atoms with Crippen molar-refractivity contribution in [3.63, 3.8) is 0 Å². The fraction of sp³-hybridized carbons (Fsp3) is 0.500. The summed E-state index contributed by atoms with van der Waals surface area (Å²) in [4.78, 5) is 11.7. The number of esters is 1. The maximum atomic E-state index is 12.7. The number of halogens is 1. The number of rotatable bonds is 3. The summed E-state index contributed by atoms with van der Waals surface area (Å²) in [5, 5.41) is 0.392. The van der Waals surface area contributed by atoms with E-state index in [1.807, 2.05) is 0 Å². The van der Waals surface area contributed by atoms with Gasteiger partial charge < -0.3 is 4.74 Å². The quantitative estimate of drug-likeness (QED) is 0.797. The Balaban J connectivity index is 2.19. The molecule has 1 aromatic carbocycles. The number of carbonyl (C=O) groups is 1. The molecule has 5 nitrogen and oxygen atoms in total. The fourth-order valence-electron chi connectivity index (χ4n) is 2.49. The third kappa shape index (κ3) is 3.39. The van der Waals surface area contributed by atoms with Gasteiger partial charge in [-0.05, 0) is 37.5 Å². The second-order valence-corrected chi connectivity index (χ2v) is 7.45. The number of piperidine rings is 1. The molecule has 1 heterocycles. The highest BCUT2D eigenvalue weighted by atomic mass is 35.5. The molecule has 116 valence electrons. The van der Waals surface area contributed by atoms with Crippen LogP contribution in [0, 0.1) is 12.8 Å². The lowest BCUT2D eigenvalue weighted by molar-refractivity contribution is -0.146. The number of sulfonamides is 1. The molecule has 0 aliphatic carbocycles. The van der Waals surface area contributed by atoms with Crippen LogP contribution in [-0.4, -0.2) is 38.9 Å². The monoisotopic (exact) mass is 331 g/mol. The second-order valence-electron chi connectivity index (χ2n) is 5.11. The molecule has 1 aliphatic heterocycles. The molecule has 1 aromatic rings. The van der Waals surface area contributed by atoms with Gasteiger partial charge in [-0.15, -0.1) is 0 Å². The van der Waals surface area contributed by atoms with Crippen LogP contribution in [0.1, 0.15) is 18.4 Å². The minimum Gasteiger partial charge on any atom is -0.469 e. The molecule has 0 bridgehead atoms. The summed E-state index contributed by atoms with van der Waals surface area (Å²) < 4.78 is 31.4. The van der Waals surface area contributed by atoms with E-state index in [1.54, 1.807) is 19.1 Å². The van der Waals surface area contributed by atoms with E-state index in [9.17, 15) is 13.2 Å². The molecule has 21 heavy (non-hydrogen) atoms. The molecule has 0 aromatic heterocycles. The van der Waals surface area contributed by atoms with Gasteiger partial charge in [0, 0.05) is 18.1 Å². The Morgan fingerprint density at radius 1 is 1.33 bits per heavy atom.